The molecule has 0 atom stereocenters. The van der Waals surface area contributed by atoms with Crippen LogP contribution in [-0.2, 0) is 0 Å². The molecule has 0 spiro atoms. The van der Waals surface area contributed by atoms with Crippen LogP contribution in [0.5, 0.6) is 5.75 Å². The highest BCUT2D eigenvalue weighted by molar-refractivity contribution is 5.31. The summed E-state index contributed by atoms with van der Waals surface area (Å²) in [6.45, 7) is -1.03. The second kappa shape index (κ2) is 9.14. The second-order valence-electron chi connectivity index (χ2n) is 6.29. The molecule has 0 N–H and O–H groups in total. The van der Waals surface area contributed by atoms with Crippen LogP contribution in [0.25, 0.3) is 0 Å². The topological polar surface area (TPSA) is 9.23 Å². The maximum Gasteiger partial charge on any atom is 0.272 e. The zero-order valence-corrected chi connectivity index (χ0v) is 13.2. The van der Waals surface area contributed by atoms with Crippen LogP contribution >= 0.6 is 0 Å². The number of halogens is 4. The lowest BCUT2D eigenvalue weighted by Crippen LogP contribution is -2.14. The molecule has 0 amide bonds. The van der Waals surface area contributed by atoms with E-state index in [4.69, 9.17) is 4.74 Å². The summed E-state index contributed by atoms with van der Waals surface area (Å²) in [6.07, 6.45) is 4.22. The van der Waals surface area contributed by atoms with E-state index in [1.54, 1.807) is 6.07 Å². The van der Waals surface area contributed by atoms with Crippen molar-refractivity contribution in [2.45, 2.75) is 57.3 Å². The van der Waals surface area contributed by atoms with Crippen LogP contribution in [0.1, 0.15) is 56.4 Å². The van der Waals surface area contributed by atoms with E-state index in [0.29, 0.717) is 18.3 Å². The third-order valence-corrected chi connectivity index (χ3v) is 4.63. The third kappa shape index (κ3) is 5.70. The van der Waals surface area contributed by atoms with Gasteiger partial charge in [-0.2, -0.15) is 0 Å². The molecule has 1 aliphatic rings. The van der Waals surface area contributed by atoms with Crippen LogP contribution in [0, 0.1) is 11.7 Å². The van der Waals surface area contributed by atoms with Gasteiger partial charge in [-0.15, -0.1) is 0 Å². The Kier molecular flexibility index (Phi) is 7.18. The van der Waals surface area contributed by atoms with E-state index in [1.807, 2.05) is 0 Å². The zero-order chi connectivity index (χ0) is 16.7. The van der Waals surface area contributed by atoms with E-state index in [0.717, 1.165) is 44.1 Å². The second-order valence-corrected chi connectivity index (χ2v) is 6.29. The van der Waals surface area contributed by atoms with Crippen molar-refractivity contribution in [1.29, 1.82) is 0 Å². The number of unbranched alkanes of at least 4 members (excludes halogenated alkanes) is 1. The fourth-order valence-electron chi connectivity index (χ4n) is 3.35. The lowest BCUT2D eigenvalue weighted by atomic mass is 9.77. The number of rotatable bonds is 8. The third-order valence-electron chi connectivity index (χ3n) is 4.63. The average Bonchev–Trinajstić information content (AvgIpc) is 2.54. The van der Waals surface area contributed by atoms with Crippen LogP contribution in [0.2, 0.25) is 0 Å². The molecule has 0 bridgehead atoms. The molecule has 0 heterocycles. The Morgan fingerprint density at radius 3 is 2.43 bits per heavy atom. The summed E-state index contributed by atoms with van der Waals surface area (Å²) in [7, 11) is 0. The van der Waals surface area contributed by atoms with E-state index >= 15 is 0 Å². The number of hydrogen-bond acceptors (Lipinski definition) is 1. The molecule has 5 heteroatoms. The van der Waals surface area contributed by atoms with Gasteiger partial charge in [-0.05, 0) is 61.6 Å². The fraction of sp³-hybridized carbons (Fsp3) is 0.667. The monoisotopic (exact) mass is 332 g/mol. The van der Waals surface area contributed by atoms with Crippen LogP contribution in [0.4, 0.5) is 17.6 Å². The summed E-state index contributed by atoms with van der Waals surface area (Å²) >= 11 is 0. The van der Waals surface area contributed by atoms with Crippen molar-refractivity contribution in [3.05, 3.63) is 29.6 Å². The maximum absolute atomic E-state index is 13.9. The molecular weight excluding hydrogens is 308 g/mol. The molecule has 1 saturated carbocycles. The van der Waals surface area contributed by atoms with Gasteiger partial charge in [0.1, 0.15) is 6.61 Å². The van der Waals surface area contributed by atoms with E-state index in [-0.39, 0.29) is 12.4 Å². The van der Waals surface area contributed by atoms with Gasteiger partial charge in [-0.1, -0.05) is 18.9 Å². The van der Waals surface area contributed by atoms with Crippen molar-refractivity contribution >= 4 is 0 Å². The molecule has 0 unspecified atom stereocenters. The Hall–Kier alpha value is -1.26. The Labute approximate surface area is 135 Å². The van der Waals surface area contributed by atoms with Crippen molar-refractivity contribution in [2.24, 2.45) is 5.92 Å². The number of hydrogen-bond donors (Lipinski definition) is 0. The lowest BCUT2D eigenvalue weighted by Gasteiger charge is -2.29. The highest BCUT2D eigenvalue weighted by atomic mass is 19.3. The first-order valence-electron chi connectivity index (χ1n) is 8.36. The molecule has 1 nitrogen and oxygen atoms in total. The van der Waals surface area contributed by atoms with Gasteiger partial charge in [0.05, 0.1) is 6.67 Å². The molecule has 130 valence electrons. The summed E-state index contributed by atoms with van der Waals surface area (Å²) in [6, 6.07) is 4.63. The van der Waals surface area contributed by atoms with Gasteiger partial charge in [0.15, 0.2) is 11.6 Å². The zero-order valence-electron chi connectivity index (χ0n) is 13.2. The van der Waals surface area contributed by atoms with Crippen molar-refractivity contribution < 1.29 is 22.3 Å². The van der Waals surface area contributed by atoms with Crippen LogP contribution in [0.15, 0.2) is 18.2 Å². The first-order chi connectivity index (χ1) is 11.1. The number of ether oxygens (including phenoxy) is 1. The highest BCUT2D eigenvalue weighted by Gasteiger charge is 2.23. The Balaban J connectivity index is 1.85. The molecule has 1 aromatic carbocycles. The minimum absolute atomic E-state index is 0.117. The molecule has 0 aromatic heterocycles. The van der Waals surface area contributed by atoms with Crippen molar-refractivity contribution in [3.63, 3.8) is 0 Å². The van der Waals surface area contributed by atoms with Gasteiger partial charge in [0.2, 0.25) is 0 Å². The van der Waals surface area contributed by atoms with E-state index in [9.17, 15) is 17.6 Å². The summed E-state index contributed by atoms with van der Waals surface area (Å²) < 4.78 is 55.0. The fourth-order valence-corrected chi connectivity index (χ4v) is 3.35. The minimum atomic E-state index is -2.61. The Morgan fingerprint density at radius 2 is 1.83 bits per heavy atom. The maximum atomic E-state index is 13.9. The van der Waals surface area contributed by atoms with Gasteiger partial charge in [-0.25, -0.2) is 13.2 Å². The predicted octanol–water partition coefficient (Wildman–Crippen LogP) is 5.88. The molecule has 23 heavy (non-hydrogen) atoms. The van der Waals surface area contributed by atoms with Crippen molar-refractivity contribution in [3.8, 4) is 5.75 Å². The number of benzene rings is 1. The van der Waals surface area contributed by atoms with Crippen LogP contribution in [-0.4, -0.2) is 19.7 Å². The first-order valence-corrected chi connectivity index (χ1v) is 8.36. The van der Waals surface area contributed by atoms with Gasteiger partial charge >= 0.3 is 0 Å². The van der Waals surface area contributed by atoms with Gasteiger partial charge in [-0.3, -0.25) is 4.39 Å². The molecule has 0 aliphatic heterocycles. The molecular formula is C18H24F4O. The Bertz CT molecular complexity index is 470. The average molecular weight is 332 g/mol. The molecule has 1 aliphatic carbocycles. The SMILES string of the molecule is FCCCCC1CCC(c2ccc(OCC(F)F)c(F)c2)CC1. The smallest absolute Gasteiger partial charge is 0.272 e. The summed E-state index contributed by atoms with van der Waals surface area (Å²) in [5.41, 5.74) is 0.911. The highest BCUT2D eigenvalue weighted by Crippen LogP contribution is 2.38. The molecule has 1 fully saturated rings. The van der Waals surface area contributed by atoms with Gasteiger partial charge < -0.3 is 4.74 Å². The lowest BCUT2D eigenvalue weighted by molar-refractivity contribution is 0.0799. The molecule has 0 saturated heterocycles. The minimum Gasteiger partial charge on any atom is -0.485 e. The van der Waals surface area contributed by atoms with Crippen molar-refractivity contribution in [2.75, 3.05) is 13.3 Å². The summed E-state index contributed by atoms with van der Waals surface area (Å²) in [5, 5.41) is 0. The molecule has 0 radical (unpaired) electrons. The van der Waals surface area contributed by atoms with Crippen molar-refractivity contribution in [1.82, 2.24) is 0 Å². The standard InChI is InChI=1S/C18H24F4O/c19-10-2-1-3-13-4-6-14(7-5-13)15-8-9-17(16(20)11-15)23-12-18(21)22/h8-9,11,13-14,18H,1-7,10,12H2. The molecule has 2 rings (SSSR count). The van der Waals surface area contributed by atoms with E-state index in [2.05, 4.69) is 0 Å². The van der Waals surface area contributed by atoms with Gasteiger partial charge in [0, 0.05) is 0 Å². The quantitative estimate of drug-likeness (QED) is 0.426. The van der Waals surface area contributed by atoms with E-state index in [1.165, 1.54) is 12.1 Å². The largest absolute Gasteiger partial charge is 0.485 e. The van der Waals surface area contributed by atoms with Gasteiger partial charge in [0.25, 0.3) is 6.43 Å². The van der Waals surface area contributed by atoms with Crippen LogP contribution < -0.4 is 4.74 Å². The predicted molar refractivity (Wildman–Crippen MR) is 82.4 cm³/mol. The first kappa shape index (κ1) is 18.1. The Morgan fingerprint density at radius 1 is 1.09 bits per heavy atom. The normalized spacial score (nSPS) is 21.6. The van der Waals surface area contributed by atoms with Crippen LogP contribution in [0.3, 0.4) is 0 Å². The number of alkyl halides is 3. The van der Waals surface area contributed by atoms with E-state index < -0.39 is 18.8 Å². The summed E-state index contributed by atoms with van der Waals surface area (Å²) in [4.78, 5) is 0. The summed E-state index contributed by atoms with van der Waals surface area (Å²) in [5.74, 6) is 0.268. The molecule has 1 aromatic rings.